The van der Waals surface area contributed by atoms with Crippen molar-refractivity contribution in [2.24, 2.45) is 0 Å². The molecule has 1 N–H and O–H groups in total. The molecule has 0 bridgehead atoms. The van der Waals surface area contributed by atoms with Crippen molar-refractivity contribution in [3.8, 4) is 0 Å². The number of nitrogens with zero attached hydrogens (tertiary/aromatic N) is 2. The minimum absolute atomic E-state index is 0.397. The maximum Gasteiger partial charge on any atom is 0.109 e. The minimum Gasteiger partial charge on any atom is -0.377 e. The molecule has 1 aliphatic heterocycles. The summed E-state index contributed by atoms with van der Waals surface area (Å²) in [6, 6.07) is 8.80. The van der Waals surface area contributed by atoms with Crippen molar-refractivity contribution in [2.45, 2.75) is 45.3 Å². The van der Waals surface area contributed by atoms with Crippen molar-refractivity contribution in [3.05, 3.63) is 30.1 Å². The summed E-state index contributed by atoms with van der Waals surface area (Å²) in [7, 11) is 0. The minimum atomic E-state index is 0.397. The number of hydrogen-bond acceptors (Lipinski definition) is 3. The number of rotatable bonds is 6. The fourth-order valence-electron chi connectivity index (χ4n) is 3.19. The van der Waals surface area contributed by atoms with Crippen molar-refractivity contribution < 1.29 is 4.74 Å². The Kier molecular flexibility index (Phi) is 4.56. The number of fused-ring (bicyclic) bond motifs is 1. The van der Waals surface area contributed by atoms with E-state index in [0.717, 1.165) is 31.6 Å². The SMILES string of the molecule is CCc1nc2ccccc2n1C(C)CNCC1CCCO1. The molecule has 4 heteroatoms. The molecule has 21 heavy (non-hydrogen) atoms. The molecule has 1 aromatic carbocycles. The van der Waals surface area contributed by atoms with Gasteiger partial charge in [-0.05, 0) is 31.9 Å². The topological polar surface area (TPSA) is 39.1 Å². The number of para-hydroxylation sites is 2. The van der Waals surface area contributed by atoms with Crippen LogP contribution in [0.5, 0.6) is 0 Å². The highest BCUT2D eigenvalue weighted by atomic mass is 16.5. The van der Waals surface area contributed by atoms with E-state index in [0.29, 0.717) is 12.1 Å². The lowest BCUT2D eigenvalue weighted by molar-refractivity contribution is 0.109. The zero-order chi connectivity index (χ0) is 14.7. The summed E-state index contributed by atoms with van der Waals surface area (Å²) in [4.78, 5) is 4.75. The molecule has 3 rings (SSSR count). The summed E-state index contributed by atoms with van der Waals surface area (Å²) < 4.78 is 8.03. The normalized spacial score (nSPS) is 20.2. The number of ether oxygens (including phenoxy) is 1. The van der Waals surface area contributed by atoms with Crippen LogP contribution in [0.25, 0.3) is 11.0 Å². The first-order valence-corrected chi connectivity index (χ1v) is 8.07. The van der Waals surface area contributed by atoms with Gasteiger partial charge in [-0.3, -0.25) is 0 Å². The molecule has 1 fully saturated rings. The average Bonchev–Trinajstić information content (AvgIpc) is 3.13. The zero-order valence-electron chi connectivity index (χ0n) is 13.0. The molecule has 2 unspecified atom stereocenters. The predicted octanol–water partition coefficient (Wildman–Crippen LogP) is 2.93. The lowest BCUT2D eigenvalue weighted by Gasteiger charge is -2.19. The highest BCUT2D eigenvalue weighted by molar-refractivity contribution is 5.76. The largest absolute Gasteiger partial charge is 0.377 e. The molecule has 114 valence electrons. The summed E-state index contributed by atoms with van der Waals surface area (Å²) >= 11 is 0. The molecule has 1 aromatic heterocycles. The lowest BCUT2D eigenvalue weighted by atomic mass is 10.2. The molecule has 0 spiro atoms. The molecular formula is C17H25N3O. The first kappa shape index (κ1) is 14.5. The molecule has 1 saturated heterocycles. The second-order valence-corrected chi connectivity index (χ2v) is 5.88. The van der Waals surface area contributed by atoms with Crippen LogP contribution in [-0.2, 0) is 11.2 Å². The Morgan fingerprint density at radius 3 is 3.05 bits per heavy atom. The molecule has 2 heterocycles. The first-order chi connectivity index (χ1) is 10.3. The fourth-order valence-corrected chi connectivity index (χ4v) is 3.19. The molecule has 0 radical (unpaired) electrons. The molecule has 2 atom stereocenters. The van der Waals surface area contributed by atoms with Gasteiger partial charge in [-0.15, -0.1) is 0 Å². The van der Waals surface area contributed by atoms with Crippen LogP contribution in [-0.4, -0.2) is 35.4 Å². The number of imidazole rings is 1. The molecule has 0 saturated carbocycles. The van der Waals surface area contributed by atoms with E-state index in [-0.39, 0.29) is 0 Å². The van der Waals surface area contributed by atoms with Crippen molar-refractivity contribution in [1.29, 1.82) is 0 Å². The van der Waals surface area contributed by atoms with Gasteiger partial charge >= 0.3 is 0 Å². The summed E-state index contributed by atoms with van der Waals surface area (Å²) in [6.45, 7) is 7.26. The van der Waals surface area contributed by atoms with Crippen molar-refractivity contribution >= 4 is 11.0 Å². The van der Waals surface area contributed by atoms with Gasteiger partial charge in [-0.1, -0.05) is 19.1 Å². The third-order valence-corrected chi connectivity index (χ3v) is 4.26. The monoisotopic (exact) mass is 287 g/mol. The number of aryl methyl sites for hydroxylation is 1. The number of nitrogens with one attached hydrogen (secondary N) is 1. The van der Waals surface area contributed by atoms with E-state index in [9.17, 15) is 0 Å². The third kappa shape index (κ3) is 3.11. The van der Waals surface area contributed by atoms with Gasteiger partial charge in [0, 0.05) is 32.2 Å². The Hall–Kier alpha value is -1.39. The van der Waals surface area contributed by atoms with Crippen LogP contribution in [0, 0.1) is 0 Å². The summed E-state index contributed by atoms with van der Waals surface area (Å²) in [6.07, 6.45) is 3.76. The van der Waals surface area contributed by atoms with Gasteiger partial charge in [0.05, 0.1) is 17.1 Å². The van der Waals surface area contributed by atoms with Crippen LogP contribution in [0.15, 0.2) is 24.3 Å². The van der Waals surface area contributed by atoms with Gasteiger partial charge in [0.2, 0.25) is 0 Å². The van der Waals surface area contributed by atoms with E-state index in [4.69, 9.17) is 9.72 Å². The van der Waals surface area contributed by atoms with Gasteiger partial charge in [0.25, 0.3) is 0 Å². The van der Waals surface area contributed by atoms with E-state index in [1.54, 1.807) is 0 Å². The van der Waals surface area contributed by atoms with Crippen molar-refractivity contribution in [3.63, 3.8) is 0 Å². The van der Waals surface area contributed by atoms with Crippen LogP contribution >= 0.6 is 0 Å². The highest BCUT2D eigenvalue weighted by Crippen LogP contribution is 2.21. The van der Waals surface area contributed by atoms with E-state index in [1.165, 1.54) is 24.2 Å². The van der Waals surface area contributed by atoms with Gasteiger partial charge in [0.1, 0.15) is 5.82 Å². The number of hydrogen-bond donors (Lipinski definition) is 1. The Balaban J connectivity index is 1.69. The Morgan fingerprint density at radius 2 is 2.29 bits per heavy atom. The molecule has 1 aliphatic rings. The quantitative estimate of drug-likeness (QED) is 0.888. The Bertz CT molecular complexity index is 587. The van der Waals surface area contributed by atoms with E-state index in [1.807, 2.05) is 0 Å². The standard InChI is InChI=1S/C17H25N3O/c1-3-17-19-15-8-4-5-9-16(15)20(17)13(2)11-18-12-14-7-6-10-21-14/h4-5,8-9,13-14,18H,3,6-7,10-12H2,1-2H3. The maximum absolute atomic E-state index is 5.66. The molecule has 4 nitrogen and oxygen atoms in total. The molecule has 0 amide bonds. The van der Waals surface area contributed by atoms with Crippen LogP contribution in [0.2, 0.25) is 0 Å². The van der Waals surface area contributed by atoms with Gasteiger partial charge in [-0.2, -0.15) is 0 Å². The van der Waals surface area contributed by atoms with Crippen LogP contribution in [0.4, 0.5) is 0 Å². The number of benzene rings is 1. The average molecular weight is 287 g/mol. The van der Waals surface area contributed by atoms with Crippen LogP contribution < -0.4 is 5.32 Å². The fraction of sp³-hybridized carbons (Fsp3) is 0.588. The Morgan fingerprint density at radius 1 is 1.43 bits per heavy atom. The molecule has 0 aliphatic carbocycles. The van der Waals surface area contributed by atoms with E-state index < -0.39 is 0 Å². The zero-order valence-corrected chi connectivity index (χ0v) is 13.0. The summed E-state index contributed by atoms with van der Waals surface area (Å²) in [5.41, 5.74) is 2.33. The third-order valence-electron chi connectivity index (χ3n) is 4.26. The van der Waals surface area contributed by atoms with E-state index in [2.05, 4.69) is 48.0 Å². The van der Waals surface area contributed by atoms with Gasteiger partial charge < -0.3 is 14.6 Å². The van der Waals surface area contributed by atoms with Crippen molar-refractivity contribution in [1.82, 2.24) is 14.9 Å². The van der Waals surface area contributed by atoms with Crippen LogP contribution in [0.1, 0.15) is 38.6 Å². The molecule has 2 aromatic rings. The second-order valence-electron chi connectivity index (χ2n) is 5.88. The van der Waals surface area contributed by atoms with Gasteiger partial charge in [-0.25, -0.2) is 4.98 Å². The van der Waals surface area contributed by atoms with Gasteiger partial charge in [0.15, 0.2) is 0 Å². The Labute approximate surface area is 126 Å². The predicted molar refractivity (Wildman–Crippen MR) is 85.7 cm³/mol. The summed E-state index contributed by atoms with van der Waals surface area (Å²) in [5.74, 6) is 1.17. The highest BCUT2D eigenvalue weighted by Gasteiger charge is 2.17. The second kappa shape index (κ2) is 6.58. The van der Waals surface area contributed by atoms with Crippen molar-refractivity contribution in [2.75, 3.05) is 19.7 Å². The number of aromatic nitrogens is 2. The smallest absolute Gasteiger partial charge is 0.109 e. The summed E-state index contributed by atoms with van der Waals surface area (Å²) in [5, 5.41) is 3.56. The van der Waals surface area contributed by atoms with Crippen LogP contribution in [0.3, 0.4) is 0 Å². The lowest BCUT2D eigenvalue weighted by Crippen LogP contribution is -2.31. The van der Waals surface area contributed by atoms with E-state index >= 15 is 0 Å². The maximum atomic E-state index is 5.66. The molecular weight excluding hydrogens is 262 g/mol. The first-order valence-electron chi connectivity index (χ1n) is 8.07.